The Morgan fingerprint density at radius 1 is 1.64 bits per heavy atom. The highest BCUT2D eigenvalue weighted by Crippen LogP contribution is 2.26. The van der Waals surface area contributed by atoms with Gasteiger partial charge in [0.05, 0.1) is 7.11 Å². The lowest BCUT2D eigenvalue weighted by atomic mass is 10.3. The van der Waals surface area contributed by atoms with Gasteiger partial charge in [-0.2, -0.15) is 0 Å². The third kappa shape index (κ3) is 3.55. The van der Waals surface area contributed by atoms with Crippen LogP contribution in [0.25, 0.3) is 0 Å². The number of aromatic nitrogens is 1. The van der Waals surface area contributed by atoms with Gasteiger partial charge in [-0.05, 0) is 12.5 Å². The smallest absolute Gasteiger partial charge is 0.214 e. The normalized spacial score (nSPS) is 12.5. The molecular formula is C10H15NO2S. The molecule has 0 saturated heterocycles. The number of ether oxygens (including phenoxy) is 1. The van der Waals surface area contributed by atoms with Crippen LogP contribution in [0, 0.1) is 0 Å². The summed E-state index contributed by atoms with van der Waals surface area (Å²) in [7, 11) is 1.61. The number of methoxy groups -OCH3 is 1. The highest BCUT2D eigenvalue weighted by atomic mass is 32.2. The van der Waals surface area contributed by atoms with Crippen LogP contribution in [0.5, 0.6) is 5.88 Å². The number of pyridine rings is 1. The number of rotatable bonds is 5. The van der Waals surface area contributed by atoms with Gasteiger partial charge in [0.25, 0.3) is 0 Å². The summed E-state index contributed by atoms with van der Waals surface area (Å²) >= 11 is 1.72. The van der Waals surface area contributed by atoms with Crippen molar-refractivity contribution in [3.63, 3.8) is 0 Å². The molecule has 0 bridgehead atoms. The molecule has 1 aromatic rings. The van der Waals surface area contributed by atoms with E-state index in [0.29, 0.717) is 11.1 Å². The van der Waals surface area contributed by atoms with Gasteiger partial charge in [0.15, 0.2) is 0 Å². The van der Waals surface area contributed by atoms with Crippen LogP contribution in [0.1, 0.15) is 13.3 Å². The minimum atomic E-state index is 0.233. The maximum absolute atomic E-state index is 8.77. The van der Waals surface area contributed by atoms with E-state index in [2.05, 4.69) is 11.9 Å². The van der Waals surface area contributed by atoms with Gasteiger partial charge >= 0.3 is 0 Å². The maximum atomic E-state index is 8.77. The van der Waals surface area contributed by atoms with Gasteiger partial charge in [-0.1, -0.05) is 6.92 Å². The molecule has 0 fully saturated rings. The Morgan fingerprint density at radius 2 is 2.43 bits per heavy atom. The lowest BCUT2D eigenvalue weighted by Crippen LogP contribution is -1.99. The van der Waals surface area contributed by atoms with Crippen molar-refractivity contribution in [2.75, 3.05) is 13.7 Å². The Kier molecular flexibility index (Phi) is 4.76. The molecule has 0 aromatic carbocycles. The first-order valence-electron chi connectivity index (χ1n) is 4.54. The average molecular weight is 213 g/mol. The molecular weight excluding hydrogens is 198 g/mol. The summed E-state index contributed by atoms with van der Waals surface area (Å²) in [6.45, 7) is 2.32. The summed E-state index contributed by atoms with van der Waals surface area (Å²) in [5.41, 5.74) is 0. The van der Waals surface area contributed by atoms with Crippen molar-refractivity contribution in [2.24, 2.45) is 0 Å². The molecule has 0 aliphatic heterocycles. The van der Waals surface area contributed by atoms with Crippen molar-refractivity contribution in [3.05, 3.63) is 18.3 Å². The van der Waals surface area contributed by atoms with Crippen LogP contribution in [0.2, 0.25) is 0 Å². The van der Waals surface area contributed by atoms with E-state index in [-0.39, 0.29) is 6.61 Å². The third-order valence-electron chi connectivity index (χ3n) is 1.79. The minimum absolute atomic E-state index is 0.233. The van der Waals surface area contributed by atoms with Crippen LogP contribution < -0.4 is 4.74 Å². The zero-order valence-electron chi connectivity index (χ0n) is 8.43. The van der Waals surface area contributed by atoms with Crippen molar-refractivity contribution >= 4 is 11.8 Å². The first-order chi connectivity index (χ1) is 6.76. The third-order valence-corrected chi connectivity index (χ3v) is 2.95. The number of aliphatic hydroxyl groups is 1. The minimum Gasteiger partial charge on any atom is -0.481 e. The molecule has 0 amide bonds. The Bertz CT molecular complexity index is 281. The molecule has 0 spiro atoms. The second kappa shape index (κ2) is 5.88. The quantitative estimate of drug-likeness (QED) is 0.759. The number of hydrogen-bond donors (Lipinski definition) is 1. The Labute approximate surface area is 88.5 Å². The molecule has 0 radical (unpaired) electrons. The van der Waals surface area contributed by atoms with Crippen molar-refractivity contribution < 1.29 is 9.84 Å². The summed E-state index contributed by atoms with van der Waals surface area (Å²) in [6, 6.07) is 3.85. The van der Waals surface area contributed by atoms with E-state index in [9.17, 15) is 0 Å². The van der Waals surface area contributed by atoms with Crippen LogP contribution in [-0.2, 0) is 0 Å². The van der Waals surface area contributed by atoms with Crippen molar-refractivity contribution in [2.45, 2.75) is 23.5 Å². The molecule has 1 N–H and O–H groups in total. The van der Waals surface area contributed by atoms with Crippen LogP contribution in [0.4, 0.5) is 0 Å². The Hall–Kier alpha value is -0.740. The van der Waals surface area contributed by atoms with E-state index in [1.165, 1.54) is 0 Å². The van der Waals surface area contributed by atoms with Gasteiger partial charge in [0.2, 0.25) is 5.88 Å². The average Bonchev–Trinajstić information content (AvgIpc) is 2.18. The predicted octanol–water partition coefficient (Wildman–Crippen LogP) is 1.95. The topological polar surface area (TPSA) is 42.4 Å². The van der Waals surface area contributed by atoms with Crippen LogP contribution in [0.3, 0.4) is 0 Å². The van der Waals surface area contributed by atoms with E-state index < -0.39 is 0 Å². The molecule has 3 nitrogen and oxygen atoms in total. The van der Waals surface area contributed by atoms with Crippen LogP contribution in [-0.4, -0.2) is 29.1 Å². The molecule has 0 aliphatic rings. The molecule has 0 aliphatic carbocycles. The lowest BCUT2D eigenvalue weighted by Gasteiger charge is -2.09. The molecule has 1 rings (SSSR count). The highest BCUT2D eigenvalue weighted by Gasteiger charge is 2.04. The van der Waals surface area contributed by atoms with Gasteiger partial charge < -0.3 is 9.84 Å². The summed E-state index contributed by atoms with van der Waals surface area (Å²) < 4.78 is 5.02. The fourth-order valence-electron chi connectivity index (χ4n) is 1.05. The van der Waals surface area contributed by atoms with E-state index >= 15 is 0 Å². The standard InChI is InChI=1S/C10H15NO2S/c1-8(4-6-12)14-9-3-5-11-10(7-9)13-2/h3,5,7-8,12H,4,6H2,1-2H3. The van der Waals surface area contributed by atoms with Crippen molar-refractivity contribution in [1.82, 2.24) is 4.98 Å². The summed E-state index contributed by atoms with van der Waals surface area (Å²) in [4.78, 5) is 5.15. The zero-order valence-corrected chi connectivity index (χ0v) is 9.25. The van der Waals surface area contributed by atoms with Gasteiger partial charge in [0.1, 0.15) is 0 Å². The second-order valence-corrected chi connectivity index (χ2v) is 4.49. The van der Waals surface area contributed by atoms with Crippen molar-refractivity contribution in [3.8, 4) is 5.88 Å². The largest absolute Gasteiger partial charge is 0.481 e. The number of nitrogens with zero attached hydrogens (tertiary/aromatic N) is 1. The highest BCUT2D eigenvalue weighted by molar-refractivity contribution is 7.99. The fraction of sp³-hybridized carbons (Fsp3) is 0.500. The number of thioether (sulfide) groups is 1. The molecule has 1 unspecified atom stereocenters. The lowest BCUT2D eigenvalue weighted by molar-refractivity contribution is 0.289. The monoisotopic (exact) mass is 213 g/mol. The summed E-state index contributed by atoms with van der Waals surface area (Å²) in [5, 5.41) is 9.17. The Morgan fingerprint density at radius 3 is 3.07 bits per heavy atom. The van der Waals surface area contributed by atoms with Crippen molar-refractivity contribution in [1.29, 1.82) is 0 Å². The molecule has 14 heavy (non-hydrogen) atoms. The maximum Gasteiger partial charge on any atom is 0.214 e. The van der Waals surface area contributed by atoms with Crippen LogP contribution in [0.15, 0.2) is 23.2 Å². The predicted molar refractivity (Wildman–Crippen MR) is 57.8 cm³/mol. The van der Waals surface area contributed by atoms with Crippen LogP contribution >= 0.6 is 11.8 Å². The molecule has 0 saturated carbocycles. The van der Waals surface area contributed by atoms with E-state index in [1.54, 1.807) is 25.1 Å². The molecule has 4 heteroatoms. The van der Waals surface area contributed by atoms with E-state index in [1.807, 2.05) is 12.1 Å². The summed E-state index contributed by atoms with van der Waals surface area (Å²) in [5.74, 6) is 0.631. The summed E-state index contributed by atoms with van der Waals surface area (Å²) in [6.07, 6.45) is 2.53. The number of aliphatic hydroxyl groups excluding tert-OH is 1. The van der Waals surface area contributed by atoms with Gasteiger partial charge in [-0.15, -0.1) is 11.8 Å². The zero-order chi connectivity index (χ0) is 10.4. The molecule has 1 aromatic heterocycles. The Balaban J connectivity index is 2.57. The SMILES string of the molecule is COc1cc(SC(C)CCO)ccn1. The molecule has 1 heterocycles. The molecule has 1 atom stereocenters. The first-order valence-corrected chi connectivity index (χ1v) is 5.41. The fourth-order valence-corrected chi connectivity index (χ4v) is 2.05. The second-order valence-electron chi connectivity index (χ2n) is 2.97. The van der Waals surface area contributed by atoms with Gasteiger partial charge in [0, 0.05) is 29.0 Å². The molecule has 78 valence electrons. The van der Waals surface area contributed by atoms with E-state index in [0.717, 1.165) is 11.3 Å². The van der Waals surface area contributed by atoms with Gasteiger partial charge in [-0.25, -0.2) is 4.98 Å². The first kappa shape index (κ1) is 11.3. The number of hydrogen-bond acceptors (Lipinski definition) is 4. The van der Waals surface area contributed by atoms with Gasteiger partial charge in [-0.3, -0.25) is 0 Å². The van der Waals surface area contributed by atoms with E-state index in [4.69, 9.17) is 9.84 Å².